The Morgan fingerprint density at radius 3 is 1.85 bits per heavy atom. The van der Waals surface area contributed by atoms with Gasteiger partial charge in [-0.25, -0.2) is 4.99 Å². The number of benzene rings is 8. The maximum absolute atomic E-state index is 6.89. The predicted molar refractivity (Wildman–Crippen MR) is 223 cm³/mol. The first-order chi connectivity index (χ1) is 27.1. The highest BCUT2D eigenvalue weighted by molar-refractivity contribution is 6.06. The molecule has 2 heterocycles. The Kier molecular flexibility index (Phi) is 7.01. The Morgan fingerprint density at radius 1 is 0.491 bits per heavy atom. The van der Waals surface area contributed by atoms with Crippen molar-refractivity contribution in [1.29, 1.82) is 0 Å². The fourth-order valence-corrected chi connectivity index (χ4v) is 9.45. The summed E-state index contributed by atoms with van der Waals surface area (Å²) in [6.45, 7) is 2.23. The number of nitrogens with zero attached hydrogens (tertiary/aromatic N) is 1. The third kappa shape index (κ3) is 4.71. The van der Waals surface area contributed by atoms with Crippen LogP contribution in [-0.2, 0) is 11.1 Å². The van der Waals surface area contributed by atoms with Gasteiger partial charge in [0.2, 0.25) is 0 Å². The molecule has 1 spiro atoms. The van der Waals surface area contributed by atoms with Crippen molar-refractivity contribution in [1.82, 2.24) is 10.6 Å². The van der Waals surface area contributed by atoms with E-state index in [0.717, 1.165) is 45.2 Å². The minimum atomic E-state index is -0.635. The predicted octanol–water partition coefficient (Wildman–Crippen LogP) is 11.5. The lowest BCUT2D eigenvalue weighted by Crippen LogP contribution is -2.58. The summed E-state index contributed by atoms with van der Waals surface area (Å²) < 4.78 is 6.89. The first kappa shape index (κ1) is 31.7. The molecule has 262 valence electrons. The minimum absolute atomic E-state index is 0.278. The van der Waals surface area contributed by atoms with Gasteiger partial charge in [0, 0.05) is 16.7 Å². The molecular weight excluding hydrogens is 671 g/mol. The molecule has 11 rings (SSSR count). The van der Waals surface area contributed by atoms with Crippen LogP contribution in [0.3, 0.4) is 0 Å². The van der Waals surface area contributed by atoms with E-state index in [9.17, 15) is 0 Å². The number of hydrogen-bond acceptors (Lipinski definition) is 4. The third-order valence-corrected chi connectivity index (χ3v) is 11.8. The summed E-state index contributed by atoms with van der Waals surface area (Å²) in [6, 6.07) is 67.3. The quantitative estimate of drug-likeness (QED) is 0.191. The van der Waals surface area contributed by atoms with Crippen molar-refractivity contribution in [2.75, 3.05) is 0 Å². The molecule has 0 radical (unpaired) electrons. The molecule has 0 saturated heterocycles. The van der Waals surface area contributed by atoms with Gasteiger partial charge in [0.15, 0.2) is 0 Å². The van der Waals surface area contributed by atoms with E-state index in [-0.39, 0.29) is 6.17 Å². The fraction of sp³-hybridized carbons (Fsp3) is 0.0784. The number of ether oxygens (including phenoxy) is 1. The monoisotopic (exact) mass is 707 g/mol. The highest BCUT2D eigenvalue weighted by Crippen LogP contribution is 2.62. The molecule has 0 fully saturated rings. The van der Waals surface area contributed by atoms with Gasteiger partial charge in [-0.05, 0) is 74.3 Å². The standard InChI is InChI=1S/C51H37N3O/c1-50(41-28-15-19-33-16-5-6-21-37(33)41)53-48(34-17-3-2-4-18-34)52-49(54-50)40-24-8-7-20-36(40)35-30-31-45-47(32-35)55-46-29-14-13-27-44(46)51(45)42-25-11-9-22-38(42)39-23-10-12-26-43(39)51/h2-32,48,53H,1H3,(H,52,54). The van der Waals surface area contributed by atoms with Gasteiger partial charge < -0.3 is 10.1 Å². The van der Waals surface area contributed by atoms with Gasteiger partial charge in [-0.3, -0.25) is 5.32 Å². The van der Waals surface area contributed by atoms with E-state index in [4.69, 9.17) is 9.73 Å². The highest BCUT2D eigenvalue weighted by atomic mass is 16.5. The topological polar surface area (TPSA) is 45.6 Å². The second kappa shape index (κ2) is 12.1. The minimum Gasteiger partial charge on any atom is -0.457 e. The van der Waals surface area contributed by atoms with E-state index >= 15 is 0 Å². The van der Waals surface area contributed by atoms with Gasteiger partial charge in [-0.2, -0.15) is 0 Å². The maximum atomic E-state index is 6.89. The SMILES string of the molecule is CC1(c2cccc3ccccc23)NC(c2ccccc2-c2ccc3c(c2)Oc2ccccc2C32c3ccccc3-c3ccccc32)=NC(c2ccccc2)N1. The molecule has 0 amide bonds. The van der Waals surface area contributed by atoms with Crippen LogP contribution in [0.4, 0.5) is 0 Å². The summed E-state index contributed by atoms with van der Waals surface area (Å²) in [4.78, 5) is 5.40. The number of rotatable bonds is 4. The Labute approximate surface area is 320 Å². The van der Waals surface area contributed by atoms with E-state index in [0.29, 0.717) is 0 Å². The highest BCUT2D eigenvalue weighted by Gasteiger charge is 2.51. The summed E-state index contributed by atoms with van der Waals surface area (Å²) in [6.07, 6.45) is -0.278. The molecule has 2 N–H and O–H groups in total. The Bertz CT molecular complexity index is 2790. The van der Waals surface area contributed by atoms with Crippen LogP contribution in [0.15, 0.2) is 193 Å². The van der Waals surface area contributed by atoms with Gasteiger partial charge in [-0.15, -0.1) is 0 Å². The van der Waals surface area contributed by atoms with Crippen LogP contribution in [0.2, 0.25) is 0 Å². The molecule has 0 aromatic heterocycles. The van der Waals surface area contributed by atoms with Crippen molar-refractivity contribution in [3.05, 3.63) is 227 Å². The fourth-order valence-electron chi connectivity index (χ4n) is 9.45. The second-order valence-electron chi connectivity index (χ2n) is 14.9. The number of fused-ring (bicyclic) bond motifs is 10. The molecular formula is C51H37N3O. The van der Waals surface area contributed by atoms with E-state index in [1.165, 1.54) is 44.2 Å². The van der Waals surface area contributed by atoms with Crippen LogP contribution >= 0.6 is 0 Å². The molecule has 8 aromatic rings. The summed E-state index contributed by atoms with van der Waals surface area (Å²) in [5.74, 6) is 2.58. The number of amidine groups is 1. The van der Waals surface area contributed by atoms with Gasteiger partial charge in [0.25, 0.3) is 0 Å². The van der Waals surface area contributed by atoms with Crippen molar-refractivity contribution in [3.63, 3.8) is 0 Å². The van der Waals surface area contributed by atoms with Crippen molar-refractivity contribution < 1.29 is 4.74 Å². The smallest absolute Gasteiger partial charge is 0.132 e. The van der Waals surface area contributed by atoms with Gasteiger partial charge >= 0.3 is 0 Å². The van der Waals surface area contributed by atoms with Crippen LogP contribution < -0.4 is 15.4 Å². The van der Waals surface area contributed by atoms with Crippen LogP contribution in [0, 0.1) is 0 Å². The zero-order valence-corrected chi connectivity index (χ0v) is 30.3. The number of para-hydroxylation sites is 1. The van der Waals surface area contributed by atoms with E-state index in [1.54, 1.807) is 0 Å². The maximum Gasteiger partial charge on any atom is 0.132 e. The Hall–Kier alpha value is -6.75. The molecule has 0 bridgehead atoms. The molecule has 2 aliphatic heterocycles. The lowest BCUT2D eigenvalue weighted by molar-refractivity contribution is 0.279. The molecule has 55 heavy (non-hydrogen) atoms. The van der Waals surface area contributed by atoms with Crippen molar-refractivity contribution >= 4 is 16.6 Å². The van der Waals surface area contributed by atoms with Gasteiger partial charge in [0.05, 0.1) is 5.41 Å². The molecule has 2 atom stereocenters. The Morgan fingerprint density at radius 2 is 1.07 bits per heavy atom. The summed E-state index contributed by atoms with van der Waals surface area (Å²) in [7, 11) is 0. The first-order valence-corrected chi connectivity index (χ1v) is 19.0. The lowest BCUT2D eigenvalue weighted by Gasteiger charge is -2.41. The molecule has 0 saturated carbocycles. The molecule has 4 nitrogen and oxygen atoms in total. The summed E-state index contributed by atoms with van der Waals surface area (Å²) >= 11 is 0. The van der Waals surface area contributed by atoms with Crippen molar-refractivity contribution in [2.24, 2.45) is 4.99 Å². The lowest BCUT2D eigenvalue weighted by atomic mass is 9.66. The van der Waals surface area contributed by atoms with Crippen molar-refractivity contribution in [2.45, 2.75) is 24.2 Å². The second-order valence-corrected chi connectivity index (χ2v) is 14.9. The van der Waals surface area contributed by atoms with Crippen LogP contribution in [0.1, 0.15) is 52.0 Å². The molecule has 3 aliphatic rings. The van der Waals surface area contributed by atoms with Crippen LogP contribution in [0.25, 0.3) is 33.0 Å². The van der Waals surface area contributed by atoms with Crippen LogP contribution in [-0.4, -0.2) is 5.84 Å². The summed E-state index contributed by atoms with van der Waals surface area (Å²) in [5, 5.41) is 10.2. The normalized spacial score (nSPS) is 18.6. The number of aliphatic imine (C=N–C) groups is 1. The molecule has 4 heteroatoms. The van der Waals surface area contributed by atoms with E-state index in [2.05, 4.69) is 206 Å². The third-order valence-electron chi connectivity index (χ3n) is 11.8. The molecule has 2 unspecified atom stereocenters. The van der Waals surface area contributed by atoms with Crippen LogP contribution in [0.5, 0.6) is 11.5 Å². The number of hydrogen-bond donors (Lipinski definition) is 2. The zero-order chi connectivity index (χ0) is 36.6. The first-order valence-electron chi connectivity index (χ1n) is 19.0. The van der Waals surface area contributed by atoms with Gasteiger partial charge in [-0.1, -0.05) is 176 Å². The van der Waals surface area contributed by atoms with Crippen molar-refractivity contribution in [3.8, 4) is 33.8 Å². The zero-order valence-electron chi connectivity index (χ0n) is 30.3. The average molecular weight is 708 g/mol. The Balaban J connectivity index is 1.08. The molecule has 1 aliphatic carbocycles. The van der Waals surface area contributed by atoms with Gasteiger partial charge in [0.1, 0.15) is 29.2 Å². The largest absolute Gasteiger partial charge is 0.457 e. The molecule has 8 aromatic carbocycles. The van der Waals surface area contributed by atoms with E-state index < -0.39 is 11.1 Å². The summed E-state index contributed by atoms with van der Waals surface area (Å²) in [5.41, 5.74) is 11.7. The van der Waals surface area contributed by atoms with E-state index in [1.807, 2.05) is 0 Å². The average Bonchev–Trinajstić information content (AvgIpc) is 3.54. The number of nitrogens with one attached hydrogen (secondary N) is 2.